The van der Waals surface area contributed by atoms with E-state index in [-0.39, 0.29) is 11.1 Å². The van der Waals surface area contributed by atoms with Crippen molar-refractivity contribution in [2.45, 2.75) is 13.0 Å². The van der Waals surface area contributed by atoms with Gasteiger partial charge < -0.3 is 0 Å². The summed E-state index contributed by atoms with van der Waals surface area (Å²) >= 11 is 1.54. The van der Waals surface area contributed by atoms with Crippen molar-refractivity contribution in [3.8, 4) is 0 Å². The number of hydrogen-bond acceptors (Lipinski definition) is 4. The Hall–Kier alpha value is -1.89. The van der Waals surface area contributed by atoms with E-state index in [0.29, 0.717) is 5.56 Å². The zero-order valence-electron chi connectivity index (χ0n) is 11.2. The zero-order valence-corrected chi connectivity index (χ0v) is 12.0. The van der Waals surface area contributed by atoms with Crippen LogP contribution in [0.15, 0.2) is 35.8 Å². The predicted octanol–water partition coefficient (Wildman–Crippen LogP) is 3.44. The number of benzene rings is 1. The minimum absolute atomic E-state index is 0.165. The monoisotopic (exact) mass is 305 g/mol. The van der Waals surface area contributed by atoms with Crippen molar-refractivity contribution in [2.75, 3.05) is 0 Å². The molecular formula is C15H13F2N3S. The second-order valence-corrected chi connectivity index (χ2v) is 5.72. The first kappa shape index (κ1) is 14.1. The van der Waals surface area contributed by atoms with Crippen LogP contribution in [0.25, 0.3) is 10.2 Å². The first-order chi connectivity index (χ1) is 10.1. The molecule has 0 aliphatic carbocycles. The molecule has 1 atom stereocenters. The Morgan fingerprint density at radius 3 is 2.81 bits per heavy atom. The fraction of sp³-hybridized carbons (Fsp3) is 0.133. The van der Waals surface area contributed by atoms with E-state index in [0.717, 1.165) is 10.2 Å². The molecule has 6 heteroatoms. The minimum Gasteiger partial charge on any atom is -0.271 e. The molecule has 3 nitrogen and oxygen atoms in total. The molecule has 1 unspecified atom stereocenters. The van der Waals surface area contributed by atoms with Crippen LogP contribution in [0.5, 0.6) is 0 Å². The van der Waals surface area contributed by atoms with E-state index in [1.165, 1.54) is 30.4 Å². The number of halogens is 2. The molecule has 108 valence electrons. The van der Waals surface area contributed by atoms with Crippen molar-refractivity contribution in [1.29, 1.82) is 0 Å². The summed E-state index contributed by atoms with van der Waals surface area (Å²) in [6.45, 7) is 1.52. The quantitative estimate of drug-likeness (QED) is 0.576. The SMILES string of the molecule is Cc1ccc(C(NN)c2cnc3ccsc3c2)c(F)c1F. The number of nitrogens with zero attached hydrogens (tertiary/aromatic N) is 1. The number of aryl methyl sites for hydroxylation is 1. The van der Waals surface area contributed by atoms with Crippen LogP contribution in [0, 0.1) is 18.6 Å². The standard InChI is InChI=1S/C15H13F2N3S/c1-8-2-3-10(14(17)13(8)16)15(20-18)9-6-12-11(19-7-9)4-5-21-12/h2-7,15,20H,18H2,1H3. The predicted molar refractivity (Wildman–Crippen MR) is 79.9 cm³/mol. The van der Waals surface area contributed by atoms with Gasteiger partial charge in [0.1, 0.15) is 0 Å². The van der Waals surface area contributed by atoms with Crippen LogP contribution in [0.3, 0.4) is 0 Å². The number of hydrazine groups is 1. The Bertz CT molecular complexity index is 801. The Labute approximate surface area is 124 Å². The molecule has 3 rings (SSSR count). The average molecular weight is 305 g/mol. The summed E-state index contributed by atoms with van der Waals surface area (Å²) in [5.41, 5.74) is 4.52. The highest BCUT2D eigenvalue weighted by Crippen LogP contribution is 2.29. The van der Waals surface area contributed by atoms with Crippen LogP contribution in [0.2, 0.25) is 0 Å². The highest BCUT2D eigenvalue weighted by molar-refractivity contribution is 7.17. The lowest BCUT2D eigenvalue weighted by Gasteiger charge is -2.18. The first-order valence-electron chi connectivity index (χ1n) is 6.35. The molecule has 0 spiro atoms. The number of pyridine rings is 1. The topological polar surface area (TPSA) is 50.9 Å². The molecule has 3 N–H and O–H groups in total. The maximum atomic E-state index is 14.2. The molecule has 0 saturated heterocycles. The fourth-order valence-electron chi connectivity index (χ4n) is 2.27. The summed E-state index contributed by atoms with van der Waals surface area (Å²) in [5.74, 6) is 3.82. The molecule has 0 radical (unpaired) electrons. The van der Waals surface area contributed by atoms with Crippen LogP contribution in [-0.4, -0.2) is 4.98 Å². The summed E-state index contributed by atoms with van der Waals surface area (Å²) in [5, 5.41) is 1.93. The van der Waals surface area contributed by atoms with Gasteiger partial charge in [-0.15, -0.1) is 11.3 Å². The number of rotatable bonds is 3. The summed E-state index contributed by atoms with van der Waals surface area (Å²) in [6, 6.07) is 6.21. The highest BCUT2D eigenvalue weighted by atomic mass is 32.1. The van der Waals surface area contributed by atoms with Crippen LogP contribution < -0.4 is 11.3 Å². The maximum absolute atomic E-state index is 14.2. The van der Waals surface area contributed by atoms with Gasteiger partial charge in [0.05, 0.1) is 16.3 Å². The van der Waals surface area contributed by atoms with Crippen molar-refractivity contribution in [1.82, 2.24) is 10.4 Å². The first-order valence-corrected chi connectivity index (χ1v) is 7.23. The van der Waals surface area contributed by atoms with Crippen LogP contribution in [0.1, 0.15) is 22.7 Å². The van der Waals surface area contributed by atoms with Gasteiger partial charge in [-0.3, -0.25) is 10.8 Å². The third kappa shape index (κ3) is 2.42. The lowest BCUT2D eigenvalue weighted by Crippen LogP contribution is -2.30. The molecule has 21 heavy (non-hydrogen) atoms. The number of hydrogen-bond donors (Lipinski definition) is 2. The Kier molecular flexibility index (Phi) is 3.67. The van der Waals surface area contributed by atoms with Crippen molar-refractivity contribution in [3.05, 3.63) is 64.2 Å². The van der Waals surface area contributed by atoms with Gasteiger partial charge in [-0.1, -0.05) is 12.1 Å². The van der Waals surface area contributed by atoms with Gasteiger partial charge in [-0.2, -0.15) is 0 Å². The molecule has 1 aromatic carbocycles. The normalized spacial score (nSPS) is 12.8. The van der Waals surface area contributed by atoms with E-state index in [2.05, 4.69) is 10.4 Å². The number of thiophene rings is 1. The lowest BCUT2D eigenvalue weighted by molar-refractivity contribution is 0.478. The van der Waals surface area contributed by atoms with Gasteiger partial charge >= 0.3 is 0 Å². The van der Waals surface area contributed by atoms with E-state index in [1.54, 1.807) is 6.20 Å². The largest absolute Gasteiger partial charge is 0.271 e. The summed E-state index contributed by atoms with van der Waals surface area (Å²) in [4.78, 5) is 4.30. The molecule has 2 aromatic heterocycles. The summed E-state index contributed by atoms with van der Waals surface area (Å²) in [6.07, 6.45) is 1.62. The molecular weight excluding hydrogens is 292 g/mol. The lowest BCUT2D eigenvalue weighted by atomic mass is 9.98. The third-order valence-electron chi connectivity index (χ3n) is 3.44. The number of fused-ring (bicyclic) bond motifs is 1. The van der Waals surface area contributed by atoms with E-state index >= 15 is 0 Å². The molecule has 2 heterocycles. The van der Waals surface area contributed by atoms with Crippen LogP contribution in [-0.2, 0) is 0 Å². The third-order valence-corrected chi connectivity index (χ3v) is 4.29. The van der Waals surface area contributed by atoms with Crippen LogP contribution in [0.4, 0.5) is 8.78 Å². The van der Waals surface area contributed by atoms with Gasteiger partial charge in [-0.05, 0) is 35.6 Å². The van der Waals surface area contributed by atoms with E-state index in [9.17, 15) is 8.78 Å². The Balaban J connectivity index is 2.11. The molecule has 0 aliphatic heterocycles. The fourth-order valence-corrected chi connectivity index (χ4v) is 3.06. The molecule has 0 aliphatic rings. The second kappa shape index (κ2) is 5.48. The van der Waals surface area contributed by atoms with Gasteiger partial charge in [-0.25, -0.2) is 14.2 Å². The van der Waals surface area contributed by atoms with Crippen LogP contribution >= 0.6 is 11.3 Å². The van der Waals surface area contributed by atoms with Crippen molar-refractivity contribution in [2.24, 2.45) is 5.84 Å². The van der Waals surface area contributed by atoms with Crippen molar-refractivity contribution >= 4 is 21.6 Å². The number of nitrogens with two attached hydrogens (primary N) is 1. The van der Waals surface area contributed by atoms with E-state index < -0.39 is 17.7 Å². The van der Waals surface area contributed by atoms with Gasteiger partial charge in [0.25, 0.3) is 0 Å². The molecule has 0 amide bonds. The number of nitrogens with one attached hydrogen (secondary N) is 1. The van der Waals surface area contributed by atoms with Gasteiger partial charge in [0, 0.05) is 11.8 Å². The highest BCUT2D eigenvalue weighted by Gasteiger charge is 2.21. The minimum atomic E-state index is -0.885. The smallest absolute Gasteiger partial charge is 0.164 e. The van der Waals surface area contributed by atoms with E-state index in [1.807, 2.05) is 17.5 Å². The molecule has 3 aromatic rings. The maximum Gasteiger partial charge on any atom is 0.164 e. The van der Waals surface area contributed by atoms with E-state index in [4.69, 9.17) is 5.84 Å². The van der Waals surface area contributed by atoms with Crippen molar-refractivity contribution < 1.29 is 8.78 Å². The van der Waals surface area contributed by atoms with Gasteiger partial charge in [0.2, 0.25) is 0 Å². The average Bonchev–Trinajstić information content (AvgIpc) is 2.95. The zero-order chi connectivity index (χ0) is 15.0. The number of aromatic nitrogens is 1. The molecule has 0 fully saturated rings. The summed E-state index contributed by atoms with van der Waals surface area (Å²) in [7, 11) is 0. The second-order valence-electron chi connectivity index (χ2n) is 4.77. The van der Waals surface area contributed by atoms with Gasteiger partial charge in [0.15, 0.2) is 11.6 Å². The van der Waals surface area contributed by atoms with Crippen molar-refractivity contribution in [3.63, 3.8) is 0 Å². The summed E-state index contributed by atoms with van der Waals surface area (Å²) < 4.78 is 28.9. The Morgan fingerprint density at radius 1 is 1.24 bits per heavy atom. The molecule has 0 saturated carbocycles. The Morgan fingerprint density at radius 2 is 2.05 bits per heavy atom. The molecule has 0 bridgehead atoms.